The lowest BCUT2D eigenvalue weighted by Gasteiger charge is -2.37. The Morgan fingerprint density at radius 3 is 2.54 bits per heavy atom. The van der Waals surface area contributed by atoms with Gasteiger partial charge in [0.05, 0.1) is 6.20 Å². The lowest BCUT2D eigenvalue weighted by molar-refractivity contribution is -0.146. The zero-order chi connectivity index (χ0) is 17.1. The molecule has 2 atom stereocenters. The molecule has 1 aromatic heterocycles. The maximum Gasteiger partial charge on any atom is 0.251 e. The van der Waals surface area contributed by atoms with Crippen molar-refractivity contribution >= 4 is 11.8 Å². The van der Waals surface area contributed by atoms with Gasteiger partial charge in [-0.05, 0) is 19.9 Å². The van der Waals surface area contributed by atoms with E-state index >= 15 is 0 Å². The summed E-state index contributed by atoms with van der Waals surface area (Å²) in [5.41, 5.74) is 0.850. The molecule has 2 aliphatic rings. The summed E-state index contributed by atoms with van der Waals surface area (Å²) in [6.07, 6.45) is 5.02. The van der Waals surface area contributed by atoms with E-state index in [0.717, 1.165) is 18.4 Å². The second-order valence-electron chi connectivity index (χ2n) is 6.32. The van der Waals surface area contributed by atoms with Gasteiger partial charge in [-0.2, -0.15) is 5.10 Å². The zero-order valence-electron chi connectivity index (χ0n) is 14.3. The van der Waals surface area contributed by atoms with Crippen molar-refractivity contribution in [3.8, 4) is 0 Å². The molecule has 2 saturated heterocycles. The highest BCUT2D eigenvalue weighted by Gasteiger charge is 2.33. The van der Waals surface area contributed by atoms with Gasteiger partial charge in [0.2, 0.25) is 5.91 Å². The van der Waals surface area contributed by atoms with Crippen LogP contribution in [-0.4, -0.2) is 77.3 Å². The first-order valence-electron chi connectivity index (χ1n) is 8.45. The Kier molecular flexibility index (Phi) is 5.15. The Morgan fingerprint density at radius 1 is 1.29 bits per heavy atom. The second-order valence-corrected chi connectivity index (χ2v) is 6.32. The second kappa shape index (κ2) is 7.31. The Hall–Kier alpha value is -1.93. The SMILES string of the molecule is CNC(C(=O)N1CCN(C(=O)C2CCCO2)CC1)c1cnn(C)c1. The van der Waals surface area contributed by atoms with Crippen LogP contribution in [0.3, 0.4) is 0 Å². The van der Waals surface area contributed by atoms with E-state index in [0.29, 0.717) is 32.8 Å². The molecule has 0 bridgehead atoms. The minimum Gasteiger partial charge on any atom is -0.368 e. The van der Waals surface area contributed by atoms with Gasteiger partial charge in [0.25, 0.3) is 5.91 Å². The van der Waals surface area contributed by atoms with Crippen LogP contribution in [0.5, 0.6) is 0 Å². The number of hydrogen-bond acceptors (Lipinski definition) is 5. The summed E-state index contributed by atoms with van der Waals surface area (Å²) in [5.74, 6) is 0.0896. The molecule has 2 amide bonds. The lowest BCUT2D eigenvalue weighted by atomic mass is 10.1. The van der Waals surface area contributed by atoms with E-state index in [1.165, 1.54) is 0 Å². The summed E-state index contributed by atoms with van der Waals surface area (Å²) in [6.45, 7) is 2.90. The normalized spacial score (nSPS) is 22.7. The van der Waals surface area contributed by atoms with Crippen molar-refractivity contribution < 1.29 is 14.3 Å². The number of likely N-dealkylation sites (N-methyl/N-ethyl adjacent to an activating group) is 1. The van der Waals surface area contributed by atoms with Crippen LogP contribution in [-0.2, 0) is 21.4 Å². The quantitative estimate of drug-likeness (QED) is 0.805. The Labute approximate surface area is 141 Å². The Bertz CT molecular complexity index is 588. The third kappa shape index (κ3) is 3.44. The number of rotatable bonds is 4. The van der Waals surface area contributed by atoms with Crippen LogP contribution in [0.2, 0.25) is 0 Å². The summed E-state index contributed by atoms with van der Waals surface area (Å²) >= 11 is 0. The first-order valence-corrected chi connectivity index (χ1v) is 8.45. The first-order chi connectivity index (χ1) is 11.6. The smallest absolute Gasteiger partial charge is 0.251 e. The first kappa shape index (κ1) is 16.9. The third-order valence-electron chi connectivity index (χ3n) is 4.70. The van der Waals surface area contributed by atoms with Crippen molar-refractivity contribution in [1.82, 2.24) is 24.9 Å². The number of nitrogens with zero attached hydrogens (tertiary/aromatic N) is 4. The summed E-state index contributed by atoms with van der Waals surface area (Å²) in [7, 11) is 3.60. The maximum atomic E-state index is 12.8. The number of amides is 2. The number of piperazine rings is 1. The van der Waals surface area contributed by atoms with Crippen molar-refractivity contribution in [2.75, 3.05) is 39.8 Å². The van der Waals surface area contributed by atoms with E-state index in [2.05, 4.69) is 10.4 Å². The molecule has 0 aliphatic carbocycles. The van der Waals surface area contributed by atoms with Crippen LogP contribution in [0.15, 0.2) is 12.4 Å². The number of carbonyl (C=O) groups is 2. The van der Waals surface area contributed by atoms with E-state index in [1.807, 2.05) is 23.0 Å². The van der Waals surface area contributed by atoms with Gasteiger partial charge in [0.1, 0.15) is 12.1 Å². The van der Waals surface area contributed by atoms with Gasteiger partial charge in [-0.1, -0.05) is 0 Å². The molecular formula is C16H25N5O3. The van der Waals surface area contributed by atoms with Crippen molar-refractivity contribution in [2.45, 2.75) is 25.0 Å². The van der Waals surface area contributed by atoms with Gasteiger partial charge in [-0.15, -0.1) is 0 Å². The van der Waals surface area contributed by atoms with Crippen LogP contribution >= 0.6 is 0 Å². The molecule has 3 rings (SSSR count). The fraction of sp³-hybridized carbons (Fsp3) is 0.688. The van der Waals surface area contributed by atoms with Crippen molar-refractivity contribution in [1.29, 1.82) is 0 Å². The molecule has 3 heterocycles. The highest BCUT2D eigenvalue weighted by molar-refractivity contribution is 5.84. The topological polar surface area (TPSA) is 79.7 Å². The highest BCUT2D eigenvalue weighted by Crippen LogP contribution is 2.18. The number of aromatic nitrogens is 2. The molecule has 1 aromatic rings. The van der Waals surface area contributed by atoms with E-state index in [-0.39, 0.29) is 17.9 Å². The molecule has 8 heteroatoms. The maximum absolute atomic E-state index is 12.8. The standard InChI is InChI=1S/C16H25N5O3/c1-17-14(12-10-18-19(2)11-12)16(23)21-7-5-20(6-8-21)15(22)13-4-3-9-24-13/h10-11,13-14,17H,3-9H2,1-2H3. The number of nitrogens with one attached hydrogen (secondary N) is 1. The average Bonchev–Trinajstić information content (AvgIpc) is 3.27. The molecule has 0 radical (unpaired) electrons. The van der Waals surface area contributed by atoms with Crippen molar-refractivity contribution in [3.05, 3.63) is 18.0 Å². The number of hydrogen-bond donors (Lipinski definition) is 1. The lowest BCUT2D eigenvalue weighted by Crippen LogP contribution is -2.54. The molecule has 2 aliphatic heterocycles. The summed E-state index contributed by atoms with van der Waals surface area (Å²) in [5, 5.41) is 7.19. The van der Waals surface area contributed by atoms with Crippen molar-refractivity contribution in [3.63, 3.8) is 0 Å². The van der Waals surface area contributed by atoms with E-state index < -0.39 is 6.04 Å². The molecule has 1 N–H and O–H groups in total. The minimum atomic E-state index is -0.404. The predicted octanol–water partition coefficient (Wildman–Crippen LogP) is -0.470. The molecule has 132 valence electrons. The molecule has 0 aromatic carbocycles. The fourth-order valence-electron chi connectivity index (χ4n) is 3.33. The van der Waals surface area contributed by atoms with Gasteiger partial charge >= 0.3 is 0 Å². The van der Waals surface area contributed by atoms with E-state index in [9.17, 15) is 9.59 Å². The highest BCUT2D eigenvalue weighted by atomic mass is 16.5. The van der Waals surface area contributed by atoms with Gasteiger partial charge in [0, 0.05) is 51.6 Å². The fourth-order valence-corrected chi connectivity index (χ4v) is 3.33. The van der Waals surface area contributed by atoms with Gasteiger partial charge in [-0.3, -0.25) is 14.3 Å². The van der Waals surface area contributed by atoms with E-state index in [4.69, 9.17) is 4.74 Å². The van der Waals surface area contributed by atoms with Crippen molar-refractivity contribution in [2.24, 2.45) is 7.05 Å². The minimum absolute atomic E-state index is 0.0229. The van der Waals surface area contributed by atoms with Crippen LogP contribution in [0.1, 0.15) is 24.4 Å². The molecule has 0 spiro atoms. The zero-order valence-corrected chi connectivity index (χ0v) is 14.3. The van der Waals surface area contributed by atoms with Gasteiger partial charge in [0.15, 0.2) is 0 Å². The number of carbonyl (C=O) groups excluding carboxylic acids is 2. The number of aryl methyl sites for hydroxylation is 1. The largest absolute Gasteiger partial charge is 0.368 e. The molecular weight excluding hydrogens is 310 g/mol. The molecule has 0 saturated carbocycles. The summed E-state index contributed by atoms with van der Waals surface area (Å²) in [6, 6.07) is -0.404. The summed E-state index contributed by atoms with van der Waals surface area (Å²) in [4.78, 5) is 28.8. The molecule has 24 heavy (non-hydrogen) atoms. The van der Waals surface area contributed by atoms with Crippen LogP contribution < -0.4 is 5.32 Å². The third-order valence-corrected chi connectivity index (χ3v) is 4.70. The summed E-state index contributed by atoms with van der Waals surface area (Å²) < 4.78 is 7.15. The van der Waals surface area contributed by atoms with Gasteiger partial charge < -0.3 is 19.9 Å². The van der Waals surface area contributed by atoms with Crippen LogP contribution in [0.4, 0.5) is 0 Å². The monoisotopic (exact) mass is 335 g/mol. The Morgan fingerprint density at radius 2 is 2.00 bits per heavy atom. The van der Waals surface area contributed by atoms with Crippen LogP contribution in [0.25, 0.3) is 0 Å². The Balaban J connectivity index is 1.57. The molecule has 2 unspecified atom stereocenters. The molecule has 8 nitrogen and oxygen atoms in total. The number of ether oxygens (including phenoxy) is 1. The van der Waals surface area contributed by atoms with E-state index in [1.54, 1.807) is 17.9 Å². The average molecular weight is 335 g/mol. The van der Waals surface area contributed by atoms with Gasteiger partial charge in [-0.25, -0.2) is 0 Å². The molecule has 2 fully saturated rings. The predicted molar refractivity (Wildman–Crippen MR) is 87.1 cm³/mol. The van der Waals surface area contributed by atoms with Crippen LogP contribution in [0, 0.1) is 0 Å².